The Balaban J connectivity index is 1.40. The number of halogens is 4. The summed E-state index contributed by atoms with van der Waals surface area (Å²) in [5.41, 5.74) is 0.427. The minimum absolute atomic E-state index is 0.00465. The van der Waals surface area contributed by atoms with Gasteiger partial charge in [-0.15, -0.1) is 0 Å². The van der Waals surface area contributed by atoms with Crippen LogP contribution in [-0.4, -0.2) is 50.7 Å². The molecule has 2 amide bonds. The number of alkyl halides is 3. The number of nitrogens with one attached hydrogen (secondary N) is 1. The second-order valence-electron chi connectivity index (χ2n) is 8.42. The molecule has 2 aliphatic heterocycles. The highest BCUT2D eigenvalue weighted by atomic mass is 35.5. The molecule has 1 N–H and O–H groups in total. The van der Waals surface area contributed by atoms with E-state index in [-0.39, 0.29) is 34.4 Å². The van der Waals surface area contributed by atoms with Gasteiger partial charge in [0.2, 0.25) is 0 Å². The zero-order valence-corrected chi connectivity index (χ0v) is 20.1. The Hall–Kier alpha value is -3.15. The molecule has 1 unspecified atom stereocenters. The van der Waals surface area contributed by atoms with Gasteiger partial charge in [-0.1, -0.05) is 23.7 Å². The summed E-state index contributed by atoms with van der Waals surface area (Å²) >= 11 is 6.55. The summed E-state index contributed by atoms with van der Waals surface area (Å²) in [6.45, 7) is 0.545. The van der Waals surface area contributed by atoms with Gasteiger partial charge in [-0.2, -0.15) is 18.3 Å². The fraction of sp³-hybridized carbons (Fsp3) is 0.250. The van der Waals surface area contributed by atoms with Crippen molar-refractivity contribution >= 4 is 57.3 Å². The van der Waals surface area contributed by atoms with Crippen LogP contribution in [0.5, 0.6) is 0 Å². The quantitative estimate of drug-likeness (QED) is 0.487. The van der Waals surface area contributed by atoms with Gasteiger partial charge in [0.15, 0.2) is 5.78 Å². The van der Waals surface area contributed by atoms with E-state index in [1.807, 2.05) is 0 Å². The molecule has 2 fully saturated rings. The molecular formula is C24H18ClF3N4O3S. The van der Waals surface area contributed by atoms with Crippen LogP contribution in [0, 0.1) is 0 Å². The highest BCUT2D eigenvalue weighted by Gasteiger charge is 2.43. The molecule has 0 saturated carbocycles. The molecule has 3 heterocycles. The second-order valence-corrected chi connectivity index (χ2v) is 9.85. The fourth-order valence-electron chi connectivity index (χ4n) is 4.34. The van der Waals surface area contributed by atoms with Crippen molar-refractivity contribution in [3.05, 3.63) is 69.2 Å². The molecule has 1 aromatic heterocycles. The monoisotopic (exact) mass is 534 g/mol. The highest BCUT2D eigenvalue weighted by Crippen LogP contribution is 2.36. The molecule has 36 heavy (non-hydrogen) atoms. The molecule has 2 aliphatic rings. The minimum Gasteiger partial charge on any atom is -0.310 e. The van der Waals surface area contributed by atoms with Crippen molar-refractivity contribution in [2.24, 2.45) is 0 Å². The Labute approximate surface area is 212 Å². The molecule has 2 saturated heterocycles. The van der Waals surface area contributed by atoms with E-state index in [0.29, 0.717) is 29.4 Å². The molecule has 12 heteroatoms. The molecule has 0 aliphatic carbocycles. The van der Waals surface area contributed by atoms with E-state index in [1.165, 1.54) is 23.0 Å². The predicted molar refractivity (Wildman–Crippen MR) is 129 cm³/mol. The first-order valence-corrected chi connectivity index (χ1v) is 12.1. The van der Waals surface area contributed by atoms with Crippen molar-refractivity contribution in [2.75, 3.05) is 13.1 Å². The Morgan fingerprint density at radius 3 is 2.72 bits per heavy atom. The average molecular weight is 535 g/mol. The molecule has 0 spiro atoms. The Morgan fingerprint density at radius 1 is 1.17 bits per heavy atom. The van der Waals surface area contributed by atoms with Crippen LogP contribution in [0.15, 0.2) is 47.5 Å². The lowest BCUT2D eigenvalue weighted by Crippen LogP contribution is -2.51. The maximum atomic E-state index is 13.5. The third-order valence-electron chi connectivity index (χ3n) is 6.06. The normalized spacial score (nSPS) is 20.2. The number of aromatic nitrogens is 2. The maximum absolute atomic E-state index is 13.5. The number of carbonyl (C=O) groups excluding carboxylic acids is 3. The fourth-order valence-corrected chi connectivity index (χ4v) is 5.38. The van der Waals surface area contributed by atoms with E-state index in [4.69, 9.17) is 11.6 Å². The number of amides is 2. The summed E-state index contributed by atoms with van der Waals surface area (Å²) in [5.74, 6) is -0.712. The smallest absolute Gasteiger partial charge is 0.310 e. The zero-order valence-electron chi connectivity index (χ0n) is 18.5. The summed E-state index contributed by atoms with van der Waals surface area (Å²) in [5, 5.41) is 7.33. The van der Waals surface area contributed by atoms with Gasteiger partial charge in [-0.25, -0.2) is 0 Å². The maximum Gasteiger partial charge on any atom is 0.416 e. The number of Topliss-reactive ketones (excluding diaryl/α,β-unsaturated/α-hetero) is 1. The standard InChI is InChI=1S/C24H18ClF3N4O3S/c25-16-3-2-14(17(9-16)24(26,27)28)12-31-18-4-1-13(7-15(18)10-30-31)8-21-22(34)32(23(35)36-21)19-5-6-29-11-20(19)33/h1-4,7-10,19,29H,5-6,11-12H2. The summed E-state index contributed by atoms with van der Waals surface area (Å²) in [7, 11) is 0. The van der Waals surface area contributed by atoms with Crippen LogP contribution in [0.2, 0.25) is 5.02 Å². The van der Waals surface area contributed by atoms with E-state index >= 15 is 0 Å². The van der Waals surface area contributed by atoms with Crippen LogP contribution in [0.1, 0.15) is 23.1 Å². The van der Waals surface area contributed by atoms with Crippen LogP contribution < -0.4 is 5.32 Å². The number of piperidine rings is 1. The summed E-state index contributed by atoms with van der Waals surface area (Å²) in [6.07, 6.45) is -1.10. The summed E-state index contributed by atoms with van der Waals surface area (Å²) in [6, 6.07) is 7.98. The molecule has 7 nitrogen and oxygen atoms in total. The molecule has 3 aromatic rings. The van der Waals surface area contributed by atoms with Gasteiger partial charge in [0.25, 0.3) is 11.1 Å². The summed E-state index contributed by atoms with van der Waals surface area (Å²) in [4.78, 5) is 38.8. The van der Waals surface area contributed by atoms with Gasteiger partial charge in [-0.05, 0) is 66.2 Å². The minimum atomic E-state index is -4.56. The lowest BCUT2D eigenvalue weighted by molar-refractivity contribution is -0.138. The van der Waals surface area contributed by atoms with E-state index in [9.17, 15) is 27.6 Å². The van der Waals surface area contributed by atoms with Gasteiger partial charge in [-0.3, -0.25) is 24.0 Å². The summed E-state index contributed by atoms with van der Waals surface area (Å²) < 4.78 is 41.9. The Bertz CT molecular complexity index is 1440. The first-order chi connectivity index (χ1) is 17.1. The first-order valence-electron chi connectivity index (χ1n) is 10.9. The van der Waals surface area contributed by atoms with Gasteiger partial charge >= 0.3 is 6.18 Å². The molecule has 0 bridgehead atoms. The van der Waals surface area contributed by atoms with Crippen molar-refractivity contribution in [1.29, 1.82) is 0 Å². The highest BCUT2D eigenvalue weighted by molar-refractivity contribution is 8.18. The number of benzene rings is 2. The molecule has 1 atom stereocenters. The molecule has 5 rings (SSSR count). The number of fused-ring (bicyclic) bond motifs is 1. The number of hydrogen-bond acceptors (Lipinski definition) is 6. The van der Waals surface area contributed by atoms with Crippen LogP contribution in [-0.2, 0) is 22.3 Å². The number of hydrogen-bond donors (Lipinski definition) is 1. The Kier molecular flexibility index (Phi) is 6.39. The first kappa shape index (κ1) is 24.5. The van der Waals surface area contributed by atoms with Crippen LogP contribution in [0.25, 0.3) is 17.0 Å². The number of ketones is 1. The van der Waals surface area contributed by atoms with Crippen molar-refractivity contribution < 1.29 is 27.6 Å². The van der Waals surface area contributed by atoms with Gasteiger partial charge < -0.3 is 5.32 Å². The molecule has 2 aromatic carbocycles. The molecule has 0 radical (unpaired) electrons. The lowest BCUT2D eigenvalue weighted by atomic mass is 10.0. The number of imide groups is 1. The van der Waals surface area contributed by atoms with Crippen molar-refractivity contribution in [3.8, 4) is 0 Å². The van der Waals surface area contributed by atoms with Crippen molar-refractivity contribution in [1.82, 2.24) is 20.0 Å². The van der Waals surface area contributed by atoms with Crippen LogP contribution in [0.4, 0.5) is 18.0 Å². The third kappa shape index (κ3) is 4.65. The number of thioether (sulfide) groups is 1. The Morgan fingerprint density at radius 2 is 1.97 bits per heavy atom. The van der Waals surface area contributed by atoms with E-state index in [0.717, 1.165) is 22.7 Å². The number of carbonyl (C=O) groups is 3. The van der Waals surface area contributed by atoms with Gasteiger partial charge in [0.1, 0.15) is 6.04 Å². The second kappa shape index (κ2) is 9.38. The van der Waals surface area contributed by atoms with Crippen molar-refractivity contribution in [2.45, 2.75) is 25.2 Å². The van der Waals surface area contributed by atoms with Crippen LogP contribution >= 0.6 is 23.4 Å². The third-order valence-corrected chi connectivity index (χ3v) is 7.18. The van der Waals surface area contributed by atoms with Gasteiger partial charge in [0, 0.05) is 10.4 Å². The number of rotatable bonds is 4. The zero-order chi connectivity index (χ0) is 25.6. The average Bonchev–Trinajstić information content (AvgIpc) is 3.34. The SMILES string of the molecule is O=C1CNCCC1N1C(=O)SC(=Cc2ccc3c(cnn3Cc3ccc(Cl)cc3C(F)(F)F)c2)C1=O. The predicted octanol–water partition coefficient (Wildman–Crippen LogP) is 4.72. The number of nitrogens with zero attached hydrogens (tertiary/aromatic N) is 3. The lowest BCUT2D eigenvalue weighted by Gasteiger charge is -2.27. The van der Waals surface area contributed by atoms with E-state index < -0.39 is 28.9 Å². The van der Waals surface area contributed by atoms with E-state index in [2.05, 4.69) is 10.4 Å². The molecule has 186 valence electrons. The topological polar surface area (TPSA) is 84.3 Å². The van der Waals surface area contributed by atoms with Crippen LogP contribution in [0.3, 0.4) is 0 Å². The van der Waals surface area contributed by atoms with Gasteiger partial charge in [0.05, 0.1) is 35.3 Å². The van der Waals surface area contributed by atoms with E-state index in [1.54, 1.807) is 24.3 Å². The largest absolute Gasteiger partial charge is 0.416 e. The molecular weight excluding hydrogens is 517 g/mol. The van der Waals surface area contributed by atoms with Crippen molar-refractivity contribution in [3.63, 3.8) is 0 Å².